The number of fused-ring (bicyclic) bond motifs is 1. The van der Waals surface area contributed by atoms with Crippen molar-refractivity contribution >= 4 is 11.8 Å². The monoisotopic (exact) mass is 304 g/mol. The Labute approximate surface area is 129 Å². The summed E-state index contributed by atoms with van der Waals surface area (Å²) in [6.45, 7) is 3.83. The fourth-order valence-corrected chi connectivity index (χ4v) is 2.81. The van der Waals surface area contributed by atoms with Crippen LogP contribution in [-0.2, 0) is 16.1 Å². The Morgan fingerprint density at radius 2 is 2.18 bits per heavy atom. The molecule has 1 N–H and O–H groups in total. The summed E-state index contributed by atoms with van der Waals surface area (Å²) >= 11 is 0. The number of benzene rings is 1. The van der Waals surface area contributed by atoms with Gasteiger partial charge in [-0.1, -0.05) is 6.07 Å². The van der Waals surface area contributed by atoms with E-state index < -0.39 is 0 Å². The van der Waals surface area contributed by atoms with E-state index in [1.165, 1.54) is 0 Å². The Kier molecular flexibility index (Phi) is 4.18. The molecule has 118 valence electrons. The van der Waals surface area contributed by atoms with Crippen LogP contribution in [0, 0.1) is 5.92 Å². The van der Waals surface area contributed by atoms with Gasteiger partial charge in [0, 0.05) is 26.1 Å². The lowest BCUT2D eigenvalue weighted by atomic mass is 9.97. The van der Waals surface area contributed by atoms with Crippen LogP contribution in [0.2, 0.25) is 0 Å². The average molecular weight is 304 g/mol. The van der Waals surface area contributed by atoms with Gasteiger partial charge in [0.1, 0.15) is 0 Å². The van der Waals surface area contributed by atoms with Crippen molar-refractivity contribution in [3.05, 3.63) is 23.8 Å². The molecule has 6 nitrogen and oxygen atoms in total. The van der Waals surface area contributed by atoms with Crippen LogP contribution in [-0.4, -0.2) is 36.6 Å². The van der Waals surface area contributed by atoms with E-state index >= 15 is 0 Å². The average Bonchev–Trinajstić information content (AvgIpc) is 3.00. The van der Waals surface area contributed by atoms with Crippen LogP contribution in [0.5, 0.6) is 11.5 Å². The fourth-order valence-electron chi connectivity index (χ4n) is 2.81. The zero-order chi connectivity index (χ0) is 15.5. The summed E-state index contributed by atoms with van der Waals surface area (Å²) < 4.78 is 10.7. The quantitative estimate of drug-likeness (QED) is 0.910. The molecule has 1 saturated heterocycles. The van der Waals surface area contributed by atoms with Crippen LogP contribution < -0.4 is 14.8 Å². The van der Waals surface area contributed by atoms with E-state index in [1.54, 1.807) is 0 Å². The SMILES string of the molecule is CCN(Cc1ccc2c(c1)OCO2)C(=O)C1CCC(=O)NC1. The first-order chi connectivity index (χ1) is 10.7. The van der Waals surface area contributed by atoms with Crippen LogP contribution in [0.4, 0.5) is 0 Å². The van der Waals surface area contributed by atoms with Crippen molar-refractivity contribution in [3.8, 4) is 11.5 Å². The maximum atomic E-state index is 12.6. The van der Waals surface area contributed by atoms with Gasteiger partial charge in [-0.2, -0.15) is 0 Å². The predicted molar refractivity (Wildman–Crippen MR) is 79.4 cm³/mol. The molecule has 6 heteroatoms. The number of piperidine rings is 1. The summed E-state index contributed by atoms with van der Waals surface area (Å²) in [6.07, 6.45) is 1.06. The molecule has 1 aromatic carbocycles. The van der Waals surface area contributed by atoms with Gasteiger partial charge in [-0.15, -0.1) is 0 Å². The highest BCUT2D eigenvalue weighted by Gasteiger charge is 2.28. The van der Waals surface area contributed by atoms with Crippen molar-refractivity contribution < 1.29 is 19.1 Å². The molecule has 0 saturated carbocycles. The van der Waals surface area contributed by atoms with E-state index in [2.05, 4.69) is 5.32 Å². The van der Waals surface area contributed by atoms with Gasteiger partial charge >= 0.3 is 0 Å². The molecular weight excluding hydrogens is 284 g/mol. The molecule has 1 atom stereocenters. The van der Waals surface area contributed by atoms with E-state index in [0.717, 1.165) is 17.1 Å². The highest BCUT2D eigenvalue weighted by molar-refractivity contribution is 5.83. The van der Waals surface area contributed by atoms with Gasteiger partial charge in [-0.25, -0.2) is 0 Å². The second-order valence-corrected chi connectivity index (χ2v) is 5.58. The number of nitrogens with one attached hydrogen (secondary N) is 1. The largest absolute Gasteiger partial charge is 0.454 e. The number of nitrogens with zero attached hydrogens (tertiary/aromatic N) is 1. The van der Waals surface area contributed by atoms with Gasteiger partial charge in [0.15, 0.2) is 11.5 Å². The lowest BCUT2D eigenvalue weighted by Gasteiger charge is -2.28. The maximum absolute atomic E-state index is 12.6. The summed E-state index contributed by atoms with van der Waals surface area (Å²) in [6, 6.07) is 5.74. The van der Waals surface area contributed by atoms with Crippen LogP contribution in [0.1, 0.15) is 25.3 Å². The smallest absolute Gasteiger partial charge is 0.231 e. The lowest BCUT2D eigenvalue weighted by molar-refractivity contribution is -0.137. The first-order valence-corrected chi connectivity index (χ1v) is 7.61. The molecule has 0 aliphatic carbocycles. The number of carbonyl (C=O) groups is 2. The molecule has 2 aliphatic rings. The molecule has 3 rings (SSSR count). The summed E-state index contributed by atoms with van der Waals surface area (Å²) in [5.41, 5.74) is 1.01. The second kappa shape index (κ2) is 6.25. The van der Waals surface area contributed by atoms with Crippen molar-refractivity contribution in [3.63, 3.8) is 0 Å². The Morgan fingerprint density at radius 1 is 1.36 bits per heavy atom. The first kappa shape index (κ1) is 14.7. The molecule has 1 aromatic rings. The molecule has 0 bridgehead atoms. The number of amides is 2. The summed E-state index contributed by atoms with van der Waals surface area (Å²) in [7, 11) is 0. The second-order valence-electron chi connectivity index (χ2n) is 5.58. The predicted octanol–water partition coefficient (Wildman–Crippen LogP) is 1.29. The van der Waals surface area contributed by atoms with Crippen molar-refractivity contribution in [2.75, 3.05) is 19.9 Å². The molecule has 1 unspecified atom stereocenters. The molecule has 0 aromatic heterocycles. The Morgan fingerprint density at radius 3 is 2.91 bits per heavy atom. The van der Waals surface area contributed by atoms with Gasteiger partial charge in [-0.05, 0) is 31.0 Å². The van der Waals surface area contributed by atoms with Crippen LogP contribution in [0.15, 0.2) is 18.2 Å². The Balaban J connectivity index is 1.66. The molecule has 2 heterocycles. The summed E-state index contributed by atoms with van der Waals surface area (Å²) in [5.74, 6) is 1.48. The lowest BCUT2D eigenvalue weighted by Crippen LogP contribution is -2.44. The summed E-state index contributed by atoms with van der Waals surface area (Å²) in [5, 5.41) is 2.77. The highest BCUT2D eigenvalue weighted by atomic mass is 16.7. The van der Waals surface area contributed by atoms with Gasteiger partial charge < -0.3 is 19.7 Å². The molecule has 0 radical (unpaired) electrons. The summed E-state index contributed by atoms with van der Waals surface area (Å²) in [4.78, 5) is 25.6. The fraction of sp³-hybridized carbons (Fsp3) is 0.500. The van der Waals surface area contributed by atoms with Gasteiger partial charge in [0.25, 0.3) is 0 Å². The third-order valence-electron chi connectivity index (χ3n) is 4.12. The van der Waals surface area contributed by atoms with Crippen LogP contribution >= 0.6 is 0 Å². The number of carbonyl (C=O) groups excluding carboxylic acids is 2. The number of rotatable bonds is 4. The number of hydrogen-bond acceptors (Lipinski definition) is 4. The minimum absolute atomic E-state index is 0.0304. The third kappa shape index (κ3) is 3.00. The zero-order valence-electron chi connectivity index (χ0n) is 12.6. The van der Waals surface area contributed by atoms with Crippen molar-refractivity contribution in [1.29, 1.82) is 0 Å². The standard InChI is InChI=1S/C16H20N2O4/c1-2-18(16(20)12-4-6-15(19)17-8-12)9-11-3-5-13-14(7-11)22-10-21-13/h3,5,7,12H,2,4,6,8-10H2,1H3,(H,17,19). The van der Waals surface area contributed by atoms with Crippen molar-refractivity contribution in [1.82, 2.24) is 10.2 Å². The zero-order valence-corrected chi connectivity index (χ0v) is 12.6. The Hall–Kier alpha value is -2.24. The molecule has 2 amide bonds. The Bertz CT molecular complexity index is 578. The minimum Gasteiger partial charge on any atom is -0.454 e. The molecular formula is C16H20N2O4. The maximum Gasteiger partial charge on any atom is 0.231 e. The number of hydrogen-bond donors (Lipinski definition) is 1. The minimum atomic E-state index is -0.119. The molecule has 2 aliphatic heterocycles. The van der Waals surface area contributed by atoms with E-state index in [9.17, 15) is 9.59 Å². The van der Waals surface area contributed by atoms with E-state index in [4.69, 9.17) is 9.47 Å². The molecule has 22 heavy (non-hydrogen) atoms. The van der Waals surface area contributed by atoms with E-state index in [1.807, 2.05) is 30.0 Å². The normalized spacial score (nSPS) is 19.7. The van der Waals surface area contributed by atoms with Gasteiger partial charge in [-0.3, -0.25) is 9.59 Å². The van der Waals surface area contributed by atoms with Crippen LogP contribution in [0.3, 0.4) is 0 Å². The van der Waals surface area contributed by atoms with Crippen molar-refractivity contribution in [2.24, 2.45) is 5.92 Å². The molecule has 0 spiro atoms. The van der Waals surface area contributed by atoms with Crippen LogP contribution in [0.25, 0.3) is 0 Å². The van der Waals surface area contributed by atoms with Gasteiger partial charge in [0.2, 0.25) is 18.6 Å². The van der Waals surface area contributed by atoms with E-state index in [-0.39, 0.29) is 24.5 Å². The number of ether oxygens (including phenoxy) is 2. The third-order valence-corrected chi connectivity index (χ3v) is 4.12. The molecule has 1 fully saturated rings. The topological polar surface area (TPSA) is 67.9 Å². The van der Waals surface area contributed by atoms with Crippen molar-refractivity contribution in [2.45, 2.75) is 26.3 Å². The van der Waals surface area contributed by atoms with Gasteiger partial charge in [0.05, 0.1) is 5.92 Å². The first-order valence-electron chi connectivity index (χ1n) is 7.61. The van der Waals surface area contributed by atoms with E-state index in [0.29, 0.717) is 32.5 Å². The highest BCUT2D eigenvalue weighted by Crippen LogP contribution is 2.33.